The van der Waals surface area contributed by atoms with Gasteiger partial charge in [0.25, 0.3) is 0 Å². The maximum absolute atomic E-state index is 6.03. The highest BCUT2D eigenvalue weighted by molar-refractivity contribution is 4.82. The average molecular weight is 254 g/mol. The van der Waals surface area contributed by atoms with E-state index in [0.717, 1.165) is 25.6 Å². The van der Waals surface area contributed by atoms with E-state index in [9.17, 15) is 0 Å². The molecule has 2 fully saturated rings. The molecular formula is C15H30N2O. The van der Waals surface area contributed by atoms with Gasteiger partial charge >= 0.3 is 0 Å². The Labute approximate surface area is 112 Å². The summed E-state index contributed by atoms with van der Waals surface area (Å²) in [5.74, 6) is 0.817. The highest BCUT2D eigenvalue weighted by Gasteiger charge is 2.27. The van der Waals surface area contributed by atoms with Crippen LogP contribution in [0.2, 0.25) is 0 Å². The Bertz CT molecular complexity index is 223. The lowest BCUT2D eigenvalue weighted by atomic mass is 9.83. The smallest absolute Gasteiger partial charge is 0.0702 e. The van der Waals surface area contributed by atoms with Gasteiger partial charge in [-0.05, 0) is 45.1 Å². The van der Waals surface area contributed by atoms with E-state index in [1.165, 1.54) is 51.4 Å². The summed E-state index contributed by atoms with van der Waals surface area (Å²) in [6.45, 7) is 2.82. The molecule has 2 rings (SSSR count). The van der Waals surface area contributed by atoms with Gasteiger partial charge in [0.1, 0.15) is 0 Å². The summed E-state index contributed by atoms with van der Waals surface area (Å²) in [7, 11) is 2.24. The van der Waals surface area contributed by atoms with Gasteiger partial charge in [-0.1, -0.05) is 19.3 Å². The van der Waals surface area contributed by atoms with Crippen molar-refractivity contribution in [2.24, 2.45) is 11.7 Å². The van der Waals surface area contributed by atoms with E-state index in [2.05, 4.69) is 11.9 Å². The summed E-state index contributed by atoms with van der Waals surface area (Å²) < 4.78 is 5.85. The van der Waals surface area contributed by atoms with Crippen LogP contribution in [0.25, 0.3) is 0 Å². The molecule has 18 heavy (non-hydrogen) atoms. The molecular weight excluding hydrogens is 224 g/mol. The number of hydrogen-bond donors (Lipinski definition) is 1. The Hall–Kier alpha value is -0.120. The predicted molar refractivity (Wildman–Crippen MR) is 75.6 cm³/mol. The second kappa shape index (κ2) is 7.46. The van der Waals surface area contributed by atoms with Crippen LogP contribution in [0.15, 0.2) is 0 Å². The van der Waals surface area contributed by atoms with Crippen LogP contribution < -0.4 is 5.73 Å². The van der Waals surface area contributed by atoms with Gasteiger partial charge in [-0.25, -0.2) is 0 Å². The van der Waals surface area contributed by atoms with Gasteiger partial charge in [-0.2, -0.15) is 0 Å². The van der Waals surface area contributed by atoms with Crippen LogP contribution in [0, 0.1) is 5.92 Å². The van der Waals surface area contributed by atoms with E-state index in [-0.39, 0.29) is 0 Å². The van der Waals surface area contributed by atoms with E-state index in [0.29, 0.717) is 12.1 Å². The first-order valence-electron chi connectivity index (χ1n) is 7.83. The molecule has 3 heteroatoms. The molecule has 2 atom stereocenters. The third-order valence-corrected chi connectivity index (χ3v) is 4.77. The molecule has 1 heterocycles. The molecule has 2 unspecified atom stereocenters. The summed E-state index contributed by atoms with van der Waals surface area (Å²) >= 11 is 0. The lowest BCUT2D eigenvalue weighted by Gasteiger charge is -2.38. The first-order valence-corrected chi connectivity index (χ1v) is 7.83. The third kappa shape index (κ3) is 3.94. The van der Waals surface area contributed by atoms with Crippen molar-refractivity contribution in [1.29, 1.82) is 0 Å². The number of nitrogens with zero attached hydrogens (tertiary/aromatic N) is 1. The standard InChI is InChI=1S/C15H30N2O/c1-17(12-14-9-5-6-10-18-14)15(11-16)13-7-3-2-4-8-13/h13-15H,2-12,16H2,1H3. The largest absolute Gasteiger partial charge is 0.377 e. The Morgan fingerprint density at radius 1 is 1.11 bits per heavy atom. The van der Waals surface area contributed by atoms with Crippen LogP contribution in [0.1, 0.15) is 51.4 Å². The van der Waals surface area contributed by atoms with Gasteiger partial charge in [0.15, 0.2) is 0 Å². The second-order valence-electron chi connectivity index (χ2n) is 6.13. The van der Waals surface area contributed by atoms with Crippen LogP contribution in [0.5, 0.6) is 0 Å². The third-order valence-electron chi connectivity index (χ3n) is 4.77. The SMILES string of the molecule is CN(CC1CCCCO1)C(CN)C1CCCCC1. The van der Waals surface area contributed by atoms with Crippen LogP contribution in [0.4, 0.5) is 0 Å². The van der Waals surface area contributed by atoms with Crippen molar-refractivity contribution in [2.75, 3.05) is 26.7 Å². The van der Waals surface area contributed by atoms with Crippen molar-refractivity contribution in [2.45, 2.75) is 63.5 Å². The molecule has 0 aromatic carbocycles. The fraction of sp³-hybridized carbons (Fsp3) is 1.00. The molecule has 0 radical (unpaired) electrons. The second-order valence-corrected chi connectivity index (χ2v) is 6.13. The van der Waals surface area contributed by atoms with Crippen LogP contribution in [-0.4, -0.2) is 43.8 Å². The summed E-state index contributed by atoms with van der Waals surface area (Å²) in [5.41, 5.74) is 6.03. The fourth-order valence-corrected chi connectivity index (χ4v) is 3.66. The van der Waals surface area contributed by atoms with Crippen molar-refractivity contribution in [3.63, 3.8) is 0 Å². The molecule has 0 amide bonds. The van der Waals surface area contributed by atoms with Gasteiger partial charge in [0, 0.05) is 25.7 Å². The zero-order valence-corrected chi connectivity index (χ0v) is 11.9. The Morgan fingerprint density at radius 3 is 2.44 bits per heavy atom. The normalized spacial score (nSPS) is 28.5. The van der Waals surface area contributed by atoms with Crippen LogP contribution in [0.3, 0.4) is 0 Å². The van der Waals surface area contributed by atoms with E-state index < -0.39 is 0 Å². The fourth-order valence-electron chi connectivity index (χ4n) is 3.66. The van der Waals surface area contributed by atoms with Gasteiger partial charge in [-0.3, -0.25) is 4.90 Å². The van der Waals surface area contributed by atoms with E-state index in [1.807, 2.05) is 0 Å². The molecule has 106 valence electrons. The molecule has 1 aliphatic carbocycles. The maximum Gasteiger partial charge on any atom is 0.0702 e. The van der Waals surface area contributed by atoms with Crippen molar-refractivity contribution in [3.05, 3.63) is 0 Å². The highest BCUT2D eigenvalue weighted by Crippen LogP contribution is 2.28. The minimum absolute atomic E-state index is 0.446. The molecule has 0 bridgehead atoms. The zero-order chi connectivity index (χ0) is 12.8. The van der Waals surface area contributed by atoms with E-state index in [4.69, 9.17) is 10.5 Å². The van der Waals surface area contributed by atoms with Crippen molar-refractivity contribution in [1.82, 2.24) is 4.90 Å². The Kier molecular flexibility index (Phi) is 5.93. The molecule has 1 aliphatic heterocycles. The van der Waals surface area contributed by atoms with E-state index >= 15 is 0 Å². The minimum atomic E-state index is 0.446. The van der Waals surface area contributed by atoms with Crippen LogP contribution in [-0.2, 0) is 4.74 Å². The topological polar surface area (TPSA) is 38.5 Å². The molecule has 0 aromatic rings. The number of rotatable bonds is 5. The van der Waals surface area contributed by atoms with E-state index in [1.54, 1.807) is 0 Å². The zero-order valence-electron chi connectivity index (χ0n) is 11.9. The quantitative estimate of drug-likeness (QED) is 0.819. The Morgan fingerprint density at radius 2 is 1.83 bits per heavy atom. The average Bonchev–Trinajstić information content (AvgIpc) is 2.42. The molecule has 1 saturated carbocycles. The first kappa shape index (κ1) is 14.3. The minimum Gasteiger partial charge on any atom is -0.377 e. The van der Waals surface area contributed by atoms with Crippen molar-refractivity contribution < 1.29 is 4.74 Å². The van der Waals surface area contributed by atoms with Gasteiger partial charge in [-0.15, -0.1) is 0 Å². The van der Waals surface area contributed by atoms with Crippen molar-refractivity contribution >= 4 is 0 Å². The summed E-state index contributed by atoms with van der Waals surface area (Å²) in [5, 5.41) is 0. The summed E-state index contributed by atoms with van der Waals surface area (Å²) in [6, 6.07) is 0.566. The molecule has 0 aromatic heterocycles. The summed E-state index contributed by atoms with van der Waals surface area (Å²) in [6.07, 6.45) is 11.2. The number of likely N-dealkylation sites (N-methyl/N-ethyl adjacent to an activating group) is 1. The van der Waals surface area contributed by atoms with Gasteiger partial charge in [0.05, 0.1) is 6.10 Å². The molecule has 0 spiro atoms. The Balaban J connectivity index is 1.81. The maximum atomic E-state index is 6.03. The number of nitrogens with two attached hydrogens (primary N) is 1. The number of hydrogen-bond acceptors (Lipinski definition) is 3. The molecule has 1 saturated heterocycles. The lowest BCUT2D eigenvalue weighted by molar-refractivity contribution is -0.0138. The lowest BCUT2D eigenvalue weighted by Crippen LogP contribution is -2.47. The predicted octanol–water partition coefficient (Wildman–Crippen LogP) is 2.39. The summed E-state index contributed by atoms with van der Waals surface area (Å²) in [4.78, 5) is 2.48. The number of ether oxygens (including phenoxy) is 1. The molecule has 2 N–H and O–H groups in total. The molecule has 2 aliphatic rings. The van der Waals surface area contributed by atoms with Crippen molar-refractivity contribution in [3.8, 4) is 0 Å². The van der Waals surface area contributed by atoms with Gasteiger partial charge in [0.2, 0.25) is 0 Å². The van der Waals surface area contributed by atoms with Crippen LogP contribution >= 0.6 is 0 Å². The monoisotopic (exact) mass is 254 g/mol. The molecule has 3 nitrogen and oxygen atoms in total. The highest BCUT2D eigenvalue weighted by atomic mass is 16.5. The van der Waals surface area contributed by atoms with Gasteiger partial charge < -0.3 is 10.5 Å². The first-order chi connectivity index (χ1) is 8.81.